The van der Waals surface area contributed by atoms with Crippen LogP contribution in [0.2, 0.25) is 10.0 Å². The minimum atomic E-state index is -0.409. The summed E-state index contributed by atoms with van der Waals surface area (Å²) in [6.07, 6.45) is 0.438. The van der Waals surface area contributed by atoms with Crippen LogP contribution in [-0.4, -0.2) is 22.9 Å². The molecule has 5 nitrogen and oxygen atoms in total. The van der Waals surface area contributed by atoms with Gasteiger partial charge in [0.25, 0.3) is 5.91 Å². The van der Waals surface area contributed by atoms with E-state index in [0.717, 1.165) is 0 Å². The minimum Gasteiger partial charge on any atom is -0.399 e. The molecular weight excluding hydrogens is 402 g/mol. The van der Waals surface area contributed by atoms with Crippen molar-refractivity contribution in [3.63, 3.8) is 0 Å². The highest BCUT2D eigenvalue weighted by atomic mass is 35.5. The second-order valence-corrected chi connectivity index (χ2v) is 7.58. The summed E-state index contributed by atoms with van der Waals surface area (Å²) < 4.78 is 13.2. The number of amides is 1. The molecule has 1 aliphatic rings. The van der Waals surface area contributed by atoms with E-state index in [1.807, 2.05) is 13.8 Å². The lowest BCUT2D eigenvalue weighted by atomic mass is 9.96. The first-order valence-electron chi connectivity index (χ1n) is 8.78. The molecule has 28 heavy (non-hydrogen) atoms. The maximum atomic E-state index is 13.2. The van der Waals surface area contributed by atoms with Crippen LogP contribution in [0.5, 0.6) is 0 Å². The number of hydrazine groups is 1. The molecule has 148 valence electrons. The van der Waals surface area contributed by atoms with Crippen molar-refractivity contribution in [3.8, 4) is 0 Å². The summed E-state index contributed by atoms with van der Waals surface area (Å²) in [6.45, 7) is 3.75. The normalized spacial score (nSPS) is 19.7. The quantitative estimate of drug-likeness (QED) is 0.570. The minimum absolute atomic E-state index is 0.189. The van der Waals surface area contributed by atoms with E-state index in [1.165, 1.54) is 17.1 Å². The molecule has 4 N–H and O–H groups in total. The number of nitrogens with zero attached hydrogens (tertiary/aromatic N) is 2. The number of nitrogens with two attached hydrogens (primary N) is 2. The first-order chi connectivity index (χ1) is 13.2. The van der Waals surface area contributed by atoms with Crippen LogP contribution in [-0.2, 0) is 0 Å². The van der Waals surface area contributed by atoms with Gasteiger partial charge in [0.1, 0.15) is 5.82 Å². The number of carbonyl (C=O) groups excluding carboxylic acids is 1. The maximum absolute atomic E-state index is 13.2. The zero-order valence-electron chi connectivity index (χ0n) is 15.5. The molecular formula is C20H21Cl2FN4O. The molecule has 2 aromatic carbocycles. The Bertz CT molecular complexity index is 932. The maximum Gasteiger partial charge on any atom is 0.256 e. The van der Waals surface area contributed by atoms with Crippen LogP contribution in [0.25, 0.3) is 0 Å². The summed E-state index contributed by atoms with van der Waals surface area (Å²) in [5, 5.41) is 1.97. The number of rotatable bonds is 3. The van der Waals surface area contributed by atoms with Crippen molar-refractivity contribution in [2.75, 3.05) is 5.01 Å². The lowest BCUT2D eigenvalue weighted by Gasteiger charge is -2.42. The SMILES string of the molecule is CC1CC(N(N)c2ccc(F)cc2)=C(N)C(C)N1C(=O)c1cccc(Cl)c1Cl. The van der Waals surface area contributed by atoms with E-state index < -0.39 is 6.04 Å². The number of hydrogen-bond donors (Lipinski definition) is 2. The molecule has 0 radical (unpaired) electrons. The van der Waals surface area contributed by atoms with Crippen molar-refractivity contribution in [2.45, 2.75) is 32.4 Å². The zero-order valence-corrected chi connectivity index (χ0v) is 17.0. The van der Waals surface area contributed by atoms with Crippen LogP contribution < -0.4 is 16.6 Å². The molecule has 0 aromatic heterocycles. The fourth-order valence-electron chi connectivity index (χ4n) is 3.45. The monoisotopic (exact) mass is 422 g/mol. The molecule has 3 rings (SSSR count). The summed E-state index contributed by atoms with van der Waals surface area (Å²) >= 11 is 12.3. The Labute approximate surface area is 173 Å². The van der Waals surface area contributed by atoms with Crippen LogP contribution in [0, 0.1) is 5.82 Å². The predicted octanol–water partition coefficient (Wildman–Crippen LogP) is 4.31. The fraction of sp³-hybridized carbons (Fsp3) is 0.250. The Hall–Kier alpha value is -2.28. The van der Waals surface area contributed by atoms with Crippen molar-refractivity contribution in [2.24, 2.45) is 11.6 Å². The summed E-state index contributed by atoms with van der Waals surface area (Å²) in [7, 11) is 0. The van der Waals surface area contributed by atoms with E-state index >= 15 is 0 Å². The van der Waals surface area contributed by atoms with Gasteiger partial charge in [0.15, 0.2) is 0 Å². The van der Waals surface area contributed by atoms with E-state index in [0.29, 0.717) is 34.1 Å². The van der Waals surface area contributed by atoms with Crippen LogP contribution in [0.4, 0.5) is 10.1 Å². The third-order valence-corrected chi connectivity index (χ3v) is 5.80. The van der Waals surface area contributed by atoms with Crippen LogP contribution in [0.3, 0.4) is 0 Å². The van der Waals surface area contributed by atoms with Gasteiger partial charge >= 0.3 is 0 Å². The standard InChI is InChI=1S/C20H21Cl2FN4O/c1-11-10-17(27(25)14-8-6-13(23)7-9-14)19(24)12(2)26(11)20(28)15-4-3-5-16(21)18(15)22/h3-9,11-12H,10,24-25H2,1-2H3. The van der Waals surface area contributed by atoms with Gasteiger partial charge in [-0.15, -0.1) is 0 Å². The second kappa shape index (κ2) is 7.99. The van der Waals surface area contributed by atoms with Crippen molar-refractivity contribution >= 4 is 34.8 Å². The van der Waals surface area contributed by atoms with Gasteiger partial charge in [0.2, 0.25) is 0 Å². The third-order valence-electron chi connectivity index (χ3n) is 4.98. The molecule has 0 aliphatic carbocycles. The molecule has 1 aliphatic heterocycles. The first-order valence-corrected chi connectivity index (χ1v) is 9.53. The molecule has 1 amide bonds. The van der Waals surface area contributed by atoms with Crippen molar-refractivity contribution in [1.82, 2.24) is 4.90 Å². The molecule has 2 unspecified atom stereocenters. The highest BCUT2D eigenvalue weighted by Gasteiger charge is 2.36. The molecule has 8 heteroatoms. The van der Waals surface area contributed by atoms with Crippen LogP contribution in [0.15, 0.2) is 53.9 Å². The van der Waals surface area contributed by atoms with Gasteiger partial charge < -0.3 is 10.6 Å². The fourth-order valence-corrected chi connectivity index (χ4v) is 3.83. The van der Waals surface area contributed by atoms with Gasteiger partial charge in [0.05, 0.1) is 38.7 Å². The molecule has 2 atom stereocenters. The molecule has 0 saturated carbocycles. The lowest BCUT2D eigenvalue weighted by Crippen LogP contribution is -2.53. The number of anilines is 1. The van der Waals surface area contributed by atoms with Gasteiger partial charge in [-0.25, -0.2) is 10.2 Å². The Morgan fingerprint density at radius 2 is 1.82 bits per heavy atom. The smallest absolute Gasteiger partial charge is 0.256 e. The van der Waals surface area contributed by atoms with Gasteiger partial charge in [-0.3, -0.25) is 9.80 Å². The highest BCUT2D eigenvalue weighted by molar-refractivity contribution is 6.43. The molecule has 0 spiro atoms. The topological polar surface area (TPSA) is 75.6 Å². The average molecular weight is 423 g/mol. The molecule has 0 fully saturated rings. The Balaban J connectivity index is 1.93. The van der Waals surface area contributed by atoms with Crippen molar-refractivity contribution in [1.29, 1.82) is 0 Å². The van der Waals surface area contributed by atoms with Gasteiger partial charge in [-0.05, 0) is 50.2 Å². The predicted molar refractivity (Wildman–Crippen MR) is 110 cm³/mol. The number of halogens is 3. The second-order valence-electron chi connectivity index (χ2n) is 6.79. The van der Waals surface area contributed by atoms with E-state index in [9.17, 15) is 9.18 Å². The summed E-state index contributed by atoms with van der Waals surface area (Å²) in [6, 6.07) is 10.2. The summed E-state index contributed by atoms with van der Waals surface area (Å²) in [4.78, 5) is 14.8. The van der Waals surface area contributed by atoms with E-state index in [-0.39, 0.29) is 22.8 Å². The van der Waals surface area contributed by atoms with Gasteiger partial charge in [-0.2, -0.15) is 0 Å². The van der Waals surface area contributed by atoms with E-state index in [2.05, 4.69) is 0 Å². The summed E-state index contributed by atoms with van der Waals surface area (Å²) in [5.41, 5.74) is 8.45. The molecule has 0 saturated heterocycles. The van der Waals surface area contributed by atoms with Crippen molar-refractivity contribution in [3.05, 3.63) is 75.3 Å². The zero-order chi connectivity index (χ0) is 20.6. The van der Waals surface area contributed by atoms with Crippen LogP contribution >= 0.6 is 23.2 Å². The van der Waals surface area contributed by atoms with Gasteiger partial charge in [-0.1, -0.05) is 29.3 Å². The first kappa shape index (κ1) is 20.5. The average Bonchev–Trinajstić information content (AvgIpc) is 2.67. The van der Waals surface area contributed by atoms with E-state index in [4.69, 9.17) is 34.8 Å². The number of hydrogen-bond acceptors (Lipinski definition) is 4. The largest absolute Gasteiger partial charge is 0.399 e. The number of carbonyl (C=O) groups is 1. The van der Waals surface area contributed by atoms with E-state index in [1.54, 1.807) is 35.2 Å². The Morgan fingerprint density at radius 1 is 1.18 bits per heavy atom. The lowest BCUT2D eigenvalue weighted by molar-refractivity contribution is 0.0616. The highest BCUT2D eigenvalue weighted by Crippen LogP contribution is 2.33. The van der Waals surface area contributed by atoms with Gasteiger partial charge in [0, 0.05) is 12.5 Å². The van der Waals surface area contributed by atoms with Crippen molar-refractivity contribution < 1.29 is 9.18 Å². The van der Waals surface area contributed by atoms with Crippen LogP contribution in [0.1, 0.15) is 30.6 Å². The third kappa shape index (κ3) is 3.68. The molecule has 0 bridgehead atoms. The summed E-state index contributed by atoms with van der Waals surface area (Å²) in [5.74, 6) is 5.64. The molecule has 1 heterocycles. The number of benzene rings is 2. The molecule has 2 aromatic rings. The Morgan fingerprint density at radius 3 is 2.46 bits per heavy atom. The Kier molecular flexibility index (Phi) is 5.84.